The highest BCUT2D eigenvalue weighted by molar-refractivity contribution is 7.99. The Balaban J connectivity index is 2.46. The Hall–Kier alpha value is -0.540. The molecular formula is C15H24FNS. The summed E-state index contributed by atoms with van der Waals surface area (Å²) in [5.74, 6) is 1.58. The molecule has 0 aromatic heterocycles. The highest BCUT2D eigenvalue weighted by Crippen LogP contribution is 2.24. The molecule has 18 heavy (non-hydrogen) atoms. The normalized spacial score (nSPS) is 11.2. The van der Waals surface area contributed by atoms with Gasteiger partial charge in [0.05, 0.1) is 0 Å². The Morgan fingerprint density at radius 1 is 1.33 bits per heavy atom. The number of hydrogen-bond acceptors (Lipinski definition) is 2. The number of halogens is 1. The molecule has 1 rings (SSSR count). The van der Waals surface area contributed by atoms with Crippen LogP contribution in [0.3, 0.4) is 0 Å². The van der Waals surface area contributed by atoms with Gasteiger partial charge >= 0.3 is 0 Å². The van der Waals surface area contributed by atoms with Gasteiger partial charge in [0.15, 0.2) is 0 Å². The van der Waals surface area contributed by atoms with E-state index in [1.54, 1.807) is 17.8 Å². The Morgan fingerprint density at radius 2 is 2.11 bits per heavy atom. The van der Waals surface area contributed by atoms with E-state index in [0.29, 0.717) is 5.92 Å². The lowest BCUT2D eigenvalue weighted by molar-refractivity contribution is 0.593. The molecule has 0 aliphatic rings. The van der Waals surface area contributed by atoms with Crippen LogP contribution in [0, 0.1) is 11.7 Å². The monoisotopic (exact) mass is 269 g/mol. The molecule has 0 saturated carbocycles. The summed E-state index contributed by atoms with van der Waals surface area (Å²) in [6.45, 7) is 8.25. The smallest absolute Gasteiger partial charge is 0.137 e. The standard InChI is InChI=1S/C15H24FNS/c1-4-8-17-11-13-5-6-15(14(16)10-13)18-9-7-12(2)3/h5-6,10,12,17H,4,7-9,11H2,1-3H3. The van der Waals surface area contributed by atoms with E-state index in [-0.39, 0.29) is 5.82 Å². The third-order valence-corrected chi connectivity index (χ3v) is 3.79. The van der Waals surface area contributed by atoms with Gasteiger partial charge in [0.25, 0.3) is 0 Å². The van der Waals surface area contributed by atoms with E-state index in [2.05, 4.69) is 26.1 Å². The van der Waals surface area contributed by atoms with Crippen LogP contribution in [0.25, 0.3) is 0 Å². The fourth-order valence-electron chi connectivity index (χ4n) is 1.59. The van der Waals surface area contributed by atoms with Gasteiger partial charge in [-0.25, -0.2) is 4.39 Å². The first-order chi connectivity index (χ1) is 8.63. The number of thioether (sulfide) groups is 1. The van der Waals surface area contributed by atoms with Crippen LogP contribution in [-0.2, 0) is 6.54 Å². The van der Waals surface area contributed by atoms with Crippen molar-refractivity contribution in [1.82, 2.24) is 5.32 Å². The van der Waals surface area contributed by atoms with Crippen LogP contribution in [0.2, 0.25) is 0 Å². The van der Waals surface area contributed by atoms with Gasteiger partial charge in [-0.05, 0) is 48.8 Å². The summed E-state index contributed by atoms with van der Waals surface area (Å²) < 4.78 is 13.8. The molecule has 0 radical (unpaired) electrons. The van der Waals surface area contributed by atoms with Crippen molar-refractivity contribution in [2.45, 2.75) is 45.1 Å². The molecule has 0 aliphatic heterocycles. The van der Waals surface area contributed by atoms with Crippen LogP contribution < -0.4 is 5.32 Å². The van der Waals surface area contributed by atoms with Gasteiger partial charge < -0.3 is 5.32 Å². The fraction of sp³-hybridized carbons (Fsp3) is 0.600. The lowest BCUT2D eigenvalue weighted by Gasteiger charge is -2.08. The average molecular weight is 269 g/mol. The van der Waals surface area contributed by atoms with Crippen molar-refractivity contribution < 1.29 is 4.39 Å². The van der Waals surface area contributed by atoms with Gasteiger partial charge in [-0.3, -0.25) is 0 Å². The van der Waals surface area contributed by atoms with Crippen molar-refractivity contribution in [3.8, 4) is 0 Å². The van der Waals surface area contributed by atoms with Crippen molar-refractivity contribution in [2.24, 2.45) is 5.92 Å². The Morgan fingerprint density at radius 3 is 2.72 bits per heavy atom. The van der Waals surface area contributed by atoms with E-state index in [1.165, 1.54) is 0 Å². The van der Waals surface area contributed by atoms with Crippen LogP contribution in [0.15, 0.2) is 23.1 Å². The number of benzene rings is 1. The van der Waals surface area contributed by atoms with E-state index in [9.17, 15) is 4.39 Å². The van der Waals surface area contributed by atoms with Gasteiger partial charge in [0.1, 0.15) is 5.82 Å². The second kappa shape index (κ2) is 8.54. The zero-order valence-corrected chi connectivity index (χ0v) is 12.4. The van der Waals surface area contributed by atoms with Crippen LogP contribution in [-0.4, -0.2) is 12.3 Å². The molecule has 0 atom stereocenters. The molecule has 1 N–H and O–H groups in total. The number of nitrogens with one attached hydrogen (secondary N) is 1. The van der Waals surface area contributed by atoms with E-state index < -0.39 is 0 Å². The molecule has 0 heterocycles. The predicted molar refractivity (Wildman–Crippen MR) is 78.6 cm³/mol. The van der Waals surface area contributed by atoms with Crippen LogP contribution >= 0.6 is 11.8 Å². The van der Waals surface area contributed by atoms with Gasteiger partial charge in [-0.15, -0.1) is 11.8 Å². The number of rotatable bonds is 8. The van der Waals surface area contributed by atoms with Crippen molar-refractivity contribution in [2.75, 3.05) is 12.3 Å². The first-order valence-corrected chi connectivity index (χ1v) is 7.74. The molecule has 0 bridgehead atoms. The van der Waals surface area contributed by atoms with Gasteiger partial charge in [0, 0.05) is 11.4 Å². The molecular weight excluding hydrogens is 245 g/mol. The largest absolute Gasteiger partial charge is 0.313 e. The third kappa shape index (κ3) is 5.87. The van der Waals surface area contributed by atoms with Crippen LogP contribution in [0.4, 0.5) is 4.39 Å². The maximum atomic E-state index is 13.8. The van der Waals surface area contributed by atoms with Crippen LogP contribution in [0.5, 0.6) is 0 Å². The van der Waals surface area contributed by atoms with Crippen molar-refractivity contribution in [1.29, 1.82) is 0 Å². The first-order valence-electron chi connectivity index (χ1n) is 6.75. The minimum atomic E-state index is -0.0837. The molecule has 0 spiro atoms. The average Bonchev–Trinajstić information content (AvgIpc) is 2.32. The summed E-state index contributed by atoms with van der Waals surface area (Å²) >= 11 is 1.62. The zero-order chi connectivity index (χ0) is 13.4. The molecule has 102 valence electrons. The summed E-state index contributed by atoms with van der Waals surface area (Å²) in [6, 6.07) is 5.58. The lowest BCUT2D eigenvalue weighted by atomic mass is 10.2. The van der Waals surface area contributed by atoms with Gasteiger partial charge in [-0.2, -0.15) is 0 Å². The molecule has 0 unspecified atom stereocenters. The molecule has 0 fully saturated rings. The summed E-state index contributed by atoms with van der Waals surface area (Å²) in [4.78, 5) is 0.773. The molecule has 0 aliphatic carbocycles. The topological polar surface area (TPSA) is 12.0 Å². The van der Waals surface area contributed by atoms with Gasteiger partial charge in [0.2, 0.25) is 0 Å². The van der Waals surface area contributed by atoms with Crippen molar-refractivity contribution in [3.63, 3.8) is 0 Å². The maximum absolute atomic E-state index is 13.8. The Kier molecular flexibility index (Phi) is 7.36. The predicted octanol–water partition coefficient (Wildman–Crippen LogP) is 4.46. The SMILES string of the molecule is CCCNCc1ccc(SCCC(C)C)c(F)c1. The summed E-state index contributed by atoms with van der Waals surface area (Å²) in [5, 5.41) is 3.28. The highest BCUT2D eigenvalue weighted by Gasteiger charge is 2.05. The van der Waals surface area contributed by atoms with E-state index >= 15 is 0 Å². The molecule has 0 amide bonds. The Labute approximate surface area is 115 Å². The van der Waals surface area contributed by atoms with Crippen molar-refractivity contribution in [3.05, 3.63) is 29.6 Å². The van der Waals surface area contributed by atoms with Gasteiger partial charge in [-0.1, -0.05) is 26.8 Å². The minimum absolute atomic E-state index is 0.0837. The van der Waals surface area contributed by atoms with E-state index in [0.717, 1.165) is 42.1 Å². The molecule has 1 aromatic rings. The number of hydrogen-bond donors (Lipinski definition) is 1. The van der Waals surface area contributed by atoms with E-state index in [4.69, 9.17) is 0 Å². The second-order valence-electron chi connectivity index (χ2n) is 4.97. The minimum Gasteiger partial charge on any atom is -0.313 e. The quantitative estimate of drug-likeness (QED) is 0.552. The maximum Gasteiger partial charge on any atom is 0.137 e. The Bertz CT molecular complexity index is 352. The first kappa shape index (κ1) is 15.5. The van der Waals surface area contributed by atoms with Crippen molar-refractivity contribution >= 4 is 11.8 Å². The van der Waals surface area contributed by atoms with Crippen LogP contribution in [0.1, 0.15) is 39.2 Å². The third-order valence-electron chi connectivity index (χ3n) is 2.70. The highest BCUT2D eigenvalue weighted by atomic mass is 32.2. The van der Waals surface area contributed by atoms with E-state index in [1.807, 2.05) is 12.1 Å². The fourth-order valence-corrected chi connectivity index (χ4v) is 2.76. The lowest BCUT2D eigenvalue weighted by Crippen LogP contribution is -2.13. The molecule has 3 heteroatoms. The summed E-state index contributed by atoms with van der Waals surface area (Å²) in [7, 11) is 0. The second-order valence-corrected chi connectivity index (χ2v) is 6.11. The molecule has 1 nitrogen and oxygen atoms in total. The summed E-state index contributed by atoms with van der Waals surface area (Å²) in [5.41, 5.74) is 1.02. The summed E-state index contributed by atoms with van der Waals surface area (Å²) in [6.07, 6.45) is 2.23. The molecule has 1 aromatic carbocycles. The zero-order valence-electron chi connectivity index (χ0n) is 11.6. The molecule has 0 saturated heterocycles.